The summed E-state index contributed by atoms with van der Waals surface area (Å²) in [6.45, 7) is 8.72. The van der Waals surface area contributed by atoms with Crippen molar-refractivity contribution in [2.24, 2.45) is 5.92 Å². The van der Waals surface area contributed by atoms with Crippen molar-refractivity contribution in [3.8, 4) is 0 Å². The Morgan fingerprint density at radius 3 is 2.65 bits per heavy atom. The quantitative estimate of drug-likeness (QED) is 0.676. The Bertz CT molecular complexity index is 1030. The van der Waals surface area contributed by atoms with E-state index >= 15 is 0 Å². The average molecular weight is 465 g/mol. The van der Waals surface area contributed by atoms with Crippen LogP contribution in [-0.2, 0) is 16.0 Å². The number of likely N-dealkylation sites (N-methyl/N-ethyl adjacent to an activating group) is 1. The van der Waals surface area contributed by atoms with Gasteiger partial charge in [-0.1, -0.05) is 26.0 Å². The van der Waals surface area contributed by atoms with Crippen molar-refractivity contribution in [1.82, 2.24) is 14.8 Å². The molecule has 3 heterocycles. The molecule has 0 bridgehead atoms. The van der Waals surface area contributed by atoms with Gasteiger partial charge in [0.15, 0.2) is 0 Å². The summed E-state index contributed by atoms with van der Waals surface area (Å²) in [4.78, 5) is 36.9. The first kappa shape index (κ1) is 24.0. The number of nitrogen functional groups attached to an aromatic ring is 1. The predicted octanol–water partition coefficient (Wildman–Crippen LogP) is 2.92. The van der Waals surface area contributed by atoms with Gasteiger partial charge in [-0.15, -0.1) is 0 Å². The molecule has 8 heteroatoms. The van der Waals surface area contributed by atoms with E-state index in [0.717, 1.165) is 50.1 Å². The van der Waals surface area contributed by atoms with Gasteiger partial charge in [-0.3, -0.25) is 9.59 Å². The Kier molecular flexibility index (Phi) is 7.36. The van der Waals surface area contributed by atoms with E-state index in [1.165, 1.54) is 11.9 Å². The Balaban J connectivity index is 1.52. The molecule has 2 aliphatic heterocycles. The van der Waals surface area contributed by atoms with Crippen LogP contribution in [0.5, 0.6) is 0 Å². The van der Waals surface area contributed by atoms with Crippen LogP contribution in [-0.4, -0.2) is 66.4 Å². The van der Waals surface area contributed by atoms with E-state index in [0.29, 0.717) is 30.4 Å². The molecular weight excluding hydrogens is 428 g/mol. The van der Waals surface area contributed by atoms with Gasteiger partial charge in [0.2, 0.25) is 0 Å². The van der Waals surface area contributed by atoms with Crippen LogP contribution in [0.3, 0.4) is 0 Å². The number of hydrogen-bond donors (Lipinski definition) is 2. The van der Waals surface area contributed by atoms with Gasteiger partial charge >= 0.3 is 11.8 Å². The van der Waals surface area contributed by atoms with Crippen molar-refractivity contribution in [3.05, 3.63) is 47.7 Å². The number of likely N-dealkylation sites (tertiary alicyclic amines) is 1. The van der Waals surface area contributed by atoms with Crippen LogP contribution in [0.25, 0.3) is 0 Å². The number of benzene rings is 1. The van der Waals surface area contributed by atoms with E-state index in [4.69, 9.17) is 5.73 Å². The highest BCUT2D eigenvalue weighted by molar-refractivity contribution is 6.39. The molecule has 2 saturated heterocycles. The number of carbonyl (C=O) groups is 2. The lowest BCUT2D eigenvalue weighted by Crippen LogP contribution is -2.46. The number of amides is 2. The van der Waals surface area contributed by atoms with E-state index in [1.807, 2.05) is 6.92 Å². The summed E-state index contributed by atoms with van der Waals surface area (Å²) < 4.78 is 0. The normalized spacial score (nSPS) is 21.4. The maximum Gasteiger partial charge on any atom is 0.313 e. The summed E-state index contributed by atoms with van der Waals surface area (Å²) in [5, 5.41) is 2.73. The van der Waals surface area contributed by atoms with Crippen LogP contribution >= 0.6 is 0 Å². The molecule has 1 aromatic heterocycles. The first-order valence-corrected chi connectivity index (χ1v) is 12.3. The Hall–Kier alpha value is -3.13. The number of piperidine rings is 1. The zero-order valence-corrected chi connectivity index (χ0v) is 20.5. The number of aromatic nitrogens is 1. The summed E-state index contributed by atoms with van der Waals surface area (Å²) in [5.41, 5.74) is 9.48. The fourth-order valence-corrected chi connectivity index (χ4v) is 4.90. The van der Waals surface area contributed by atoms with Gasteiger partial charge in [-0.05, 0) is 61.6 Å². The molecule has 1 aromatic carbocycles. The number of carbonyl (C=O) groups excluding carboxylic acids is 2. The van der Waals surface area contributed by atoms with Crippen LogP contribution in [0.15, 0.2) is 36.5 Å². The maximum absolute atomic E-state index is 13.3. The molecule has 182 valence electrons. The largest absolute Gasteiger partial charge is 0.383 e. The minimum atomic E-state index is -0.636. The van der Waals surface area contributed by atoms with E-state index in [1.54, 1.807) is 11.0 Å². The summed E-state index contributed by atoms with van der Waals surface area (Å²) >= 11 is 0. The number of nitrogens with one attached hydrogen (secondary N) is 1. The topological polar surface area (TPSA) is 94.8 Å². The van der Waals surface area contributed by atoms with Crippen molar-refractivity contribution in [1.29, 1.82) is 0 Å². The van der Waals surface area contributed by atoms with Crippen molar-refractivity contribution < 1.29 is 9.59 Å². The molecule has 3 N–H and O–H groups in total. The SMILES string of the molecule is CCc1cc(NC(=O)C(=O)N2C[C@@H](C)CC[C@@H]2c2cccc(N3CCN(C)CC3)c2)cnc1N. The predicted molar refractivity (Wildman–Crippen MR) is 136 cm³/mol. The highest BCUT2D eigenvalue weighted by Gasteiger charge is 2.34. The second kappa shape index (κ2) is 10.4. The molecular formula is C26H36N6O2. The standard InChI is InChI=1S/C26H36N6O2/c1-4-19-14-21(16-28-24(19)27)29-25(33)26(34)32-17-18(2)8-9-23(32)20-6-5-7-22(15-20)31-12-10-30(3)11-13-31/h5-7,14-16,18,23H,4,8-13,17H2,1-3H3,(H2,27,28)(H,29,33)/t18-,23+/m0/s1. The number of piperazine rings is 1. The third-order valence-electron chi connectivity index (χ3n) is 7.04. The highest BCUT2D eigenvalue weighted by atomic mass is 16.2. The minimum absolute atomic E-state index is 0.113. The molecule has 4 rings (SSSR count). The lowest BCUT2D eigenvalue weighted by molar-refractivity contribution is -0.146. The number of hydrogen-bond acceptors (Lipinski definition) is 6. The summed E-state index contributed by atoms with van der Waals surface area (Å²) in [6.07, 6.45) is 4.06. The zero-order chi connectivity index (χ0) is 24.2. The molecule has 2 amide bonds. The van der Waals surface area contributed by atoms with Crippen LogP contribution in [0.4, 0.5) is 17.2 Å². The molecule has 2 fully saturated rings. The summed E-state index contributed by atoms with van der Waals surface area (Å²) in [7, 11) is 2.15. The lowest BCUT2D eigenvalue weighted by atomic mass is 9.89. The molecule has 0 aliphatic carbocycles. The van der Waals surface area contributed by atoms with Crippen molar-refractivity contribution in [2.45, 2.75) is 39.2 Å². The Morgan fingerprint density at radius 1 is 1.15 bits per heavy atom. The lowest BCUT2D eigenvalue weighted by Gasteiger charge is -2.39. The van der Waals surface area contributed by atoms with Crippen molar-refractivity contribution >= 4 is 29.0 Å². The number of aryl methyl sites for hydroxylation is 1. The second-order valence-electron chi connectivity index (χ2n) is 9.62. The third kappa shape index (κ3) is 5.33. The van der Waals surface area contributed by atoms with E-state index in [2.05, 4.69) is 58.3 Å². The number of nitrogens with two attached hydrogens (primary N) is 1. The van der Waals surface area contributed by atoms with Gasteiger partial charge in [-0.2, -0.15) is 0 Å². The fraction of sp³-hybridized carbons (Fsp3) is 0.500. The number of pyridine rings is 1. The molecule has 2 aromatic rings. The second-order valence-corrected chi connectivity index (χ2v) is 9.62. The van der Waals surface area contributed by atoms with E-state index in [-0.39, 0.29) is 6.04 Å². The maximum atomic E-state index is 13.3. The molecule has 8 nitrogen and oxygen atoms in total. The molecule has 2 atom stereocenters. The fourth-order valence-electron chi connectivity index (χ4n) is 4.90. The summed E-state index contributed by atoms with van der Waals surface area (Å²) in [5.74, 6) is -0.352. The van der Waals surface area contributed by atoms with Crippen molar-refractivity contribution in [3.63, 3.8) is 0 Å². The van der Waals surface area contributed by atoms with E-state index < -0.39 is 11.8 Å². The van der Waals surface area contributed by atoms with Crippen LogP contribution in [0.1, 0.15) is 43.9 Å². The highest BCUT2D eigenvalue weighted by Crippen LogP contribution is 2.35. The van der Waals surface area contributed by atoms with Gasteiger partial charge in [-0.25, -0.2) is 4.98 Å². The minimum Gasteiger partial charge on any atom is -0.383 e. The zero-order valence-electron chi connectivity index (χ0n) is 20.5. The average Bonchev–Trinajstić information content (AvgIpc) is 2.85. The van der Waals surface area contributed by atoms with Crippen LogP contribution in [0, 0.1) is 5.92 Å². The number of anilines is 3. The third-order valence-corrected chi connectivity index (χ3v) is 7.04. The molecule has 0 unspecified atom stereocenters. The molecule has 0 radical (unpaired) electrons. The van der Waals surface area contributed by atoms with Gasteiger partial charge in [0.05, 0.1) is 17.9 Å². The Labute approximate surface area is 202 Å². The van der Waals surface area contributed by atoms with Crippen LogP contribution < -0.4 is 16.0 Å². The Morgan fingerprint density at radius 2 is 1.91 bits per heavy atom. The van der Waals surface area contributed by atoms with E-state index in [9.17, 15) is 9.59 Å². The van der Waals surface area contributed by atoms with Gasteiger partial charge in [0.1, 0.15) is 5.82 Å². The molecule has 34 heavy (non-hydrogen) atoms. The number of nitrogens with zero attached hydrogens (tertiary/aromatic N) is 4. The van der Waals surface area contributed by atoms with Crippen LogP contribution in [0.2, 0.25) is 0 Å². The molecule has 0 saturated carbocycles. The molecule has 0 spiro atoms. The smallest absolute Gasteiger partial charge is 0.313 e. The monoisotopic (exact) mass is 464 g/mol. The van der Waals surface area contributed by atoms with Gasteiger partial charge in [0, 0.05) is 38.4 Å². The first-order chi connectivity index (χ1) is 16.4. The summed E-state index contributed by atoms with van der Waals surface area (Å²) in [6, 6.07) is 10.1. The van der Waals surface area contributed by atoms with Gasteiger partial charge in [0.25, 0.3) is 0 Å². The van der Waals surface area contributed by atoms with Crippen molar-refractivity contribution in [2.75, 3.05) is 55.7 Å². The van der Waals surface area contributed by atoms with Gasteiger partial charge < -0.3 is 25.8 Å². The number of rotatable bonds is 4. The first-order valence-electron chi connectivity index (χ1n) is 12.3. The molecule has 2 aliphatic rings.